The summed E-state index contributed by atoms with van der Waals surface area (Å²) in [5.74, 6) is -0.0554. The van der Waals surface area contributed by atoms with E-state index >= 15 is 0 Å². The highest BCUT2D eigenvalue weighted by atomic mass is 16.1. The zero-order chi connectivity index (χ0) is 15.2. The van der Waals surface area contributed by atoms with E-state index < -0.39 is 0 Å². The fourth-order valence-electron chi connectivity index (χ4n) is 2.23. The second-order valence-corrected chi connectivity index (χ2v) is 5.21. The van der Waals surface area contributed by atoms with E-state index in [2.05, 4.69) is 17.6 Å². The van der Waals surface area contributed by atoms with Crippen molar-refractivity contribution >= 4 is 11.6 Å². The lowest BCUT2D eigenvalue weighted by molar-refractivity contribution is 0.102. The molecule has 0 spiro atoms. The van der Waals surface area contributed by atoms with Crippen LogP contribution >= 0.6 is 0 Å². The number of hydrogen-bond donors (Lipinski definition) is 2. The zero-order valence-electron chi connectivity index (χ0n) is 12.9. The normalized spacial score (nSPS) is 10.4. The quantitative estimate of drug-likeness (QED) is 0.878. The number of aryl methyl sites for hydroxylation is 2. The third-order valence-electron chi connectivity index (χ3n) is 3.47. The standard InChI is InChI=1S/C18H22N2O/c1-4-19-12-15-7-5-6-8-17(15)20-18(21)16-11-13(2)9-10-14(16)3/h5-11,19H,4,12H2,1-3H3,(H,20,21). The second kappa shape index (κ2) is 7.04. The monoisotopic (exact) mass is 282 g/mol. The number of amides is 1. The van der Waals surface area contributed by atoms with Crippen molar-refractivity contribution in [2.24, 2.45) is 0 Å². The lowest BCUT2D eigenvalue weighted by Crippen LogP contribution is -2.17. The Labute approximate surface area is 126 Å². The van der Waals surface area contributed by atoms with E-state index in [0.717, 1.165) is 41.0 Å². The summed E-state index contributed by atoms with van der Waals surface area (Å²) >= 11 is 0. The van der Waals surface area contributed by atoms with E-state index in [0.29, 0.717) is 0 Å². The van der Waals surface area contributed by atoms with Crippen LogP contribution in [-0.4, -0.2) is 12.5 Å². The molecule has 0 aromatic heterocycles. The molecule has 0 bridgehead atoms. The molecule has 0 atom stereocenters. The molecule has 2 N–H and O–H groups in total. The van der Waals surface area contributed by atoms with Gasteiger partial charge in [0.1, 0.15) is 0 Å². The number of carbonyl (C=O) groups is 1. The van der Waals surface area contributed by atoms with E-state index in [1.807, 2.05) is 56.3 Å². The van der Waals surface area contributed by atoms with Crippen LogP contribution in [0.4, 0.5) is 5.69 Å². The number of anilines is 1. The van der Waals surface area contributed by atoms with E-state index in [-0.39, 0.29) is 5.91 Å². The Kier molecular flexibility index (Phi) is 5.12. The van der Waals surface area contributed by atoms with E-state index in [1.54, 1.807) is 0 Å². The molecule has 0 aliphatic carbocycles. The maximum atomic E-state index is 12.5. The number of benzene rings is 2. The first-order chi connectivity index (χ1) is 10.1. The van der Waals surface area contributed by atoms with Gasteiger partial charge >= 0.3 is 0 Å². The van der Waals surface area contributed by atoms with Gasteiger partial charge in [-0.05, 0) is 43.7 Å². The average Bonchev–Trinajstić information content (AvgIpc) is 2.48. The molecule has 0 radical (unpaired) electrons. The molecule has 0 aliphatic heterocycles. The minimum absolute atomic E-state index is 0.0554. The highest BCUT2D eigenvalue weighted by Crippen LogP contribution is 2.18. The maximum Gasteiger partial charge on any atom is 0.255 e. The van der Waals surface area contributed by atoms with Gasteiger partial charge in [0.15, 0.2) is 0 Å². The lowest BCUT2D eigenvalue weighted by atomic mass is 10.0. The smallest absolute Gasteiger partial charge is 0.255 e. The molecule has 0 heterocycles. The Bertz CT molecular complexity index is 635. The van der Waals surface area contributed by atoms with Crippen molar-refractivity contribution in [1.82, 2.24) is 5.32 Å². The SMILES string of the molecule is CCNCc1ccccc1NC(=O)c1cc(C)ccc1C. The second-order valence-electron chi connectivity index (χ2n) is 5.21. The zero-order valence-corrected chi connectivity index (χ0v) is 12.9. The third-order valence-corrected chi connectivity index (χ3v) is 3.47. The van der Waals surface area contributed by atoms with Gasteiger partial charge in [-0.1, -0.05) is 42.8 Å². The minimum Gasteiger partial charge on any atom is -0.322 e. The topological polar surface area (TPSA) is 41.1 Å². The summed E-state index contributed by atoms with van der Waals surface area (Å²) in [7, 11) is 0. The molecular formula is C18H22N2O. The van der Waals surface area contributed by atoms with Crippen molar-refractivity contribution in [3.05, 3.63) is 64.7 Å². The van der Waals surface area contributed by atoms with Crippen LogP contribution in [0.3, 0.4) is 0 Å². The van der Waals surface area contributed by atoms with Crippen LogP contribution in [0.15, 0.2) is 42.5 Å². The summed E-state index contributed by atoms with van der Waals surface area (Å²) in [5.41, 5.74) is 4.77. The first kappa shape index (κ1) is 15.3. The summed E-state index contributed by atoms with van der Waals surface area (Å²) in [4.78, 5) is 12.5. The summed E-state index contributed by atoms with van der Waals surface area (Å²) in [6.07, 6.45) is 0. The van der Waals surface area contributed by atoms with Gasteiger partial charge in [0.05, 0.1) is 0 Å². The van der Waals surface area contributed by atoms with Crippen LogP contribution in [0.1, 0.15) is 34.0 Å². The van der Waals surface area contributed by atoms with Crippen LogP contribution in [0.5, 0.6) is 0 Å². The average molecular weight is 282 g/mol. The van der Waals surface area contributed by atoms with Crippen LogP contribution in [0, 0.1) is 13.8 Å². The predicted molar refractivity (Wildman–Crippen MR) is 87.7 cm³/mol. The van der Waals surface area contributed by atoms with Gasteiger partial charge in [-0.25, -0.2) is 0 Å². The highest BCUT2D eigenvalue weighted by molar-refractivity contribution is 6.05. The maximum absolute atomic E-state index is 12.5. The van der Waals surface area contributed by atoms with E-state index in [9.17, 15) is 4.79 Å². The molecule has 110 valence electrons. The minimum atomic E-state index is -0.0554. The Balaban J connectivity index is 2.21. The van der Waals surface area contributed by atoms with Gasteiger partial charge in [0.25, 0.3) is 5.91 Å². The summed E-state index contributed by atoms with van der Waals surface area (Å²) < 4.78 is 0. The van der Waals surface area contributed by atoms with Crippen molar-refractivity contribution in [2.45, 2.75) is 27.3 Å². The number of nitrogens with one attached hydrogen (secondary N) is 2. The number of para-hydroxylation sites is 1. The molecule has 0 saturated heterocycles. The molecule has 21 heavy (non-hydrogen) atoms. The van der Waals surface area contributed by atoms with Gasteiger partial charge in [-0.3, -0.25) is 4.79 Å². The molecule has 0 aliphatic rings. The van der Waals surface area contributed by atoms with Gasteiger partial charge in [-0.2, -0.15) is 0 Å². The fourth-order valence-corrected chi connectivity index (χ4v) is 2.23. The Morgan fingerprint density at radius 3 is 2.62 bits per heavy atom. The lowest BCUT2D eigenvalue weighted by Gasteiger charge is -2.13. The molecule has 3 heteroatoms. The summed E-state index contributed by atoms with van der Waals surface area (Å²) in [6, 6.07) is 13.8. The molecule has 2 aromatic rings. The van der Waals surface area contributed by atoms with Crippen molar-refractivity contribution < 1.29 is 4.79 Å². The van der Waals surface area contributed by atoms with Crippen LogP contribution in [0.25, 0.3) is 0 Å². The summed E-state index contributed by atoms with van der Waals surface area (Å²) in [6.45, 7) is 7.67. The third kappa shape index (κ3) is 3.92. The molecule has 2 rings (SSSR count). The van der Waals surface area contributed by atoms with Gasteiger partial charge in [0.2, 0.25) is 0 Å². The van der Waals surface area contributed by atoms with Crippen molar-refractivity contribution in [1.29, 1.82) is 0 Å². The first-order valence-corrected chi connectivity index (χ1v) is 7.29. The largest absolute Gasteiger partial charge is 0.322 e. The van der Waals surface area contributed by atoms with Gasteiger partial charge in [-0.15, -0.1) is 0 Å². The summed E-state index contributed by atoms with van der Waals surface area (Å²) in [5, 5.41) is 6.31. The number of carbonyl (C=O) groups excluding carboxylic acids is 1. The molecule has 1 amide bonds. The van der Waals surface area contributed by atoms with Crippen molar-refractivity contribution in [3.63, 3.8) is 0 Å². The number of rotatable bonds is 5. The first-order valence-electron chi connectivity index (χ1n) is 7.29. The molecular weight excluding hydrogens is 260 g/mol. The predicted octanol–water partition coefficient (Wildman–Crippen LogP) is 3.67. The Hall–Kier alpha value is -2.13. The van der Waals surface area contributed by atoms with E-state index in [1.165, 1.54) is 0 Å². The number of hydrogen-bond acceptors (Lipinski definition) is 2. The van der Waals surface area contributed by atoms with Crippen LogP contribution in [0.2, 0.25) is 0 Å². The molecule has 2 aromatic carbocycles. The van der Waals surface area contributed by atoms with Gasteiger partial charge in [0, 0.05) is 17.8 Å². The fraction of sp³-hybridized carbons (Fsp3) is 0.278. The Morgan fingerprint density at radius 1 is 1.10 bits per heavy atom. The van der Waals surface area contributed by atoms with Crippen molar-refractivity contribution in [2.75, 3.05) is 11.9 Å². The molecule has 0 unspecified atom stereocenters. The molecule has 3 nitrogen and oxygen atoms in total. The van der Waals surface area contributed by atoms with Crippen LogP contribution in [-0.2, 0) is 6.54 Å². The van der Waals surface area contributed by atoms with Crippen LogP contribution < -0.4 is 10.6 Å². The highest BCUT2D eigenvalue weighted by Gasteiger charge is 2.11. The molecule has 0 fully saturated rings. The van der Waals surface area contributed by atoms with Gasteiger partial charge < -0.3 is 10.6 Å². The van der Waals surface area contributed by atoms with E-state index in [4.69, 9.17) is 0 Å². The van der Waals surface area contributed by atoms with Crippen molar-refractivity contribution in [3.8, 4) is 0 Å². The molecule has 0 saturated carbocycles. The Morgan fingerprint density at radius 2 is 1.86 bits per heavy atom.